The molecule has 3 nitrogen and oxygen atoms in total. The van der Waals surface area contributed by atoms with Crippen molar-refractivity contribution in [2.75, 3.05) is 6.54 Å². The van der Waals surface area contributed by atoms with Crippen LogP contribution < -0.4 is 5.32 Å². The summed E-state index contributed by atoms with van der Waals surface area (Å²) in [7, 11) is 0. The van der Waals surface area contributed by atoms with E-state index in [1.807, 2.05) is 19.2 Å². The number of aryl methyl sites for hydroxylation is 1. The van der Waals surface area contributed by atoms with Crippen LogP contribution in [0.15, 0.2) is 18.3 Å². The van der Waals surface area contributed by atoms with E-state index in [-0.39, 0.29) is 6.10 Å². The lowest BCUT2D eigenvalue weighted by Gasteiger charge is -2.10. The maximum atomic E-state index is 9.38. The first kappa shape index (κ1) is 12.1. The molecular weight excluding hydrogens is 188 g/mol. The van der Waals surface area contributed by atoms with E-state index in [0.717, 1.165) is 25.1 Å². The van der Waals surface area contributed by atoms with Crippen LogP contribution in [0.3, 0.4) is 0 Å². The van der Waals surface area contributed by atoms with Crippen LogP contribution in [0.5, 0.6) is 0 Å². The fourth-order valence-corrected chi connectivity index (χ4v) is 1.45. The van der Waals surface area contributed by atoms with Gasteiger partial charge in [-0.05, 0) is 24.5 Å². The minimum absolute atomic E-state index is 0.251. The molecule has 0 bridgehead atoms. The topological polar surface area (TPSA) is 45.2 Å². The molecule has 1 rings (SSSR count). The molecule has 1 heterocycles. The Hall–Kier alpha value is -0.930. The highest BCUT2D eigenvalue weighted by atomic mass is 16.3. The second-order valence-corrected chi connectivity index (χ2v) is 3.66. The molecule has 0 radical (unpaired) electrons. The summed E-state index contributed by atoms with van der Waals surface area (Å²) < 4.78 is 0. The molecule has 0 aromatic carbocycles. The highest BCUT2D eigenvalue weighted by Crippen LogP contribution is 2.05. The maximum absolute atomic E-state index is 9.38. The largest absolute Gasteiger partial charge is 0.392 e. The van der Waals surface area contributed by atoms with E-state index >= 15 is 0 Å². The Morgan fingerprint density at radius 1 is 1.47 bits per heavy atom. The second kappa shape index (κ2) is 6.53. The van der Waals surface area contributed by atoms with Gasteiger partial charge < -0.3 is 10.4 Å². The minimum Gasteiger partial charge on any atom is -0.392 e. The second-order valence-electron chi connectivity index (χ2n) is 3.66. The Balaban J connectivity index is 2.43. The summed E-state index contributed by atoms with van der Waals surface area (Å²) in [5.74, 6) is 0. The van der Waals surface area contributed by atoms with Crippen molar-refractivity contribution in [1.82, 2.24) is 10.3 Å². The van der Waals surface area contributed by atoms with Crippen molar-refractivity contribution in [2.45, 2.75) is 39.3 Å². The van der Waals surface area contributed by atoms with Gasteiger partial charge in [-0.3, -0.25) is 4.98 Å². The van der Waals surface area contributed by atoms with Gasteiger partial charge in [0.05, 0.1) is 11.8 Å². The summed E-state index contributed by atoms with van der Waals surface area (Å²) >= 11 is 0. The molecule has 0 saturated carbocycles. The predicted molar refractivity (Wildman–Crippen MR) is 61.6 cm³/mol. The third kappa shape index (κ3) is 3.98. The van der Waals surface area contributed by atoms with Crippen LogP contribution in [0.2, 0.25) is 0 Å². The molecule has 0 aliphatic rings. The average Bonchev–Trinajstić information content (AvgIpc) is 2.29. The number of aliphatic hydroxyl groups excluding tert-OH is 1. The lowest BCUT2D eigenvalue weighted by Crippen LogP contribution is -2.26. The molecule has 1 aromatic rings. The number of hydrogen-bond donors (Lipinski definition) is 2. The van der Waals surface area contributed by atoms with Gasteiger partial charge in [0, 0.05) is 19.3 Å². The quantitative estimate of drug-likeness (QED) is 0.744. The normalized spacial score (nSPS) is 12.7. The molecule has 0 fully saturated rings. The van der Waals surface area contributed by atoms with E-state index in [4.69, 9.17) is 0 Å². The number of aromatic nitrogens is 1. The molecule has 0 spiro atoms. The zero-order valence-electron chi connectivity index (χ0n) is 9.53. The monoisotopic (exact) mass is 208 g/mol. The van der Waals surface area contributed by atoms with Gasteiger partial charge in [0.1, 0.15) is 0 Å². The van der Waals surface area contributed by atoms with Gasteiger partial charge in [-0.1, -0.05) is 19.9 Å². The van der Waals surface area contributed by atoms with Crippen LogP contribution in [0.25, 0.3) is 0 Å². The molecule has 1 atom stereocenters. The predicted octanol–water partition coefficient (Wildman–Crippen LogP) is 1.50. The van der Waals surface area contributed by atoms with Crippen LogP contribution in [0.1, 0.15) is 31.5 Å². The van der Waals surface area contributed by atoms with Gasteiger partial charge in [-0.25, -0.2) is 0 Å². The molecule has 2 N–H and O–H groups in total. The first-order valence-corrected chi connectivity index (χ1v) is 5.59. The fraction of sp³-hybridized carbons (Fsp3) is 0.583. The van der Waals surface area contributed by atoms with Crippen molar-refractivity contribution in [3.8, 4) is 0 Å². The maximum Gasteiger partial charge on any atom is 0.0662 e. The van der Waals surface area contributed by atoms with Crippen LogP contribution >= 0.6 is 0 Å². The van der Waals surface area contributed by atoms with Crippen molar-refractivity contribution < 1.29 is 5.11 Å². The molecule has 0 aliphatic carbocycles. The Kier molecular flexibility index (Phi) is 5.29. The van der Waals surface area contributed by atoms with Gasteiger partial charge in [0.15, 0.2) is 0 Å². The Bertz CT molecular complexity index is 289. The van der Waals surface area contributed by atoms with E-state index in [2.05, 4.69) is 23.3 Å². The smallest absolute Gasteiger partial charge is 0.0662 e. The molecule has 1 aromatic heterocycles. The lowest BCUT2D eigenvalue weighted by atomic mass is 10.1. The third-order valence-electron chi connectivity index (χ3n) is 2.51. The van der Waals surface area contributed by atoms with Crippen LogP contribution in [0.4, 0.5) is 0 Å². The molecule has 84 valence electrons. The van der Waals surface area contributed by atoms with Crippen molar-refractivity contribution in [2.24, 2.45) is 0 Å². The van der Waals surface area contributed by atoms with Crippen molar-refractivity contribution in [1.29, 1.82) is 0 Å². The zero-order chi connectivity index (χ0) is 11.1. The molecule has 1 unspecified atom stereocenters. The highest BCUT2D eigenvalue weighted by molar-refractivity contribution is 5.19. The first-order chi connectivity index (χ1) is 7.27. The van der Waals surface area contributed by atoms with E-state index in [1.165, 1.54) is 5.56 Å². The first-order valence-electron chi connectivity index (χ1n) is 5.59. The minimum atomic E-state index is -0.251. The van der Waals surface area contributed by atoms with Gasteiger partial charge in [0.2, 0.25) is 0 Å². The van der Waals surface area contributed by atoms with E-state index in [9.17, 15) is 5.11 Å². The molecule has 0 saturated heterocycles. The number of nitrogens with zero attached hydrogens (tertiary/aromatic N) is 1. The Morgan fingerprint density at radius 3 is 2.93 bits per heavy atom. The number of rotatable bonds is 6. The van der Waals surface area contributed by atoms with Gasteiger partial charge in [0.25, 0.3) is 0 Å². The SMILES string of the molecule is CCc1cccnc1CNCC(O)CC. The molecule has 15 heavy (non-hydrogen) atoms. The lowest BCUT2D eigenvalue weighted by molar-refractivity contribution is 0.167. The van der Waals surface area contributed by atoms with Crippen LogP contribution in [-0.4, -0.2) is 22.7 Å². The number of pyridine rings is 1. The molecule has 0 aliphatic heterocycles. The van der Waals surface area contributed by atoms with Crippen molar-refractivity contribution in [3.63, 3.8) is 0 Å². The third-order valence-corrected chi connectivity index (χ3v) is 2.51. The summed E-state index contributed by atoms with van der Waals surface area (Å²) in [6.45, 7) is 5.48. The number of hydrogen-bond acceptors (Lipinski definition) is 3. The summed E-state index contributed by atoms with van der Waals surface area (Å²) in [6.07, 6.45) is 3.35. The van der Waals surface area contributed by atoms with Crippen LogP contribution in [0, 0.1) is 0 Å². The van der Waals surface area contributed by atoms with E-state index in [0.29, 0.717) is 6.54 Å². The van der Waals surface area contributed by atoms with Crippen molar-refractivity contribution >= 4 is 0 Å². The number of nitrogens with one attached hydrogen (secondary N) is 1. The summed E-state index contributed by atoms with van der Waals surface area (Å²) in [5.41, 5.74) is 2.36. The summed E-state index contributed by atoms with van der Waals surface area (Å²) in [6, 6.07) is 4.06. The zero-order valence-corrected chi connectivity index (χ0v) is 9.53. The van der Waals surface area contributed by atoms with Crippen molar-refractivity contribution in [3.05, 3.63) is 29.6 Å². The Morgan fingerprint density at radius 2 is 2.27 bits per heavy atom. The van der Waals surface area contributed by atoms with Crippen LogP contribution in [-0.2, 0) is 13.0 Å². The molecule has 0 amide bonds. The standard InChI is InChI=1S/C12H20N2O/c1-3-10-6-5-7-14-12(10)9-13-8-11(15)4-2/h5-7,11,13,15H,3-4,8-9H2,1-2H3. The summed E-state index contributed by atoms with van der Waals surface area (Å²) in [5, 5.41) is 12.6. The summed E-state index contributed by atoms with van der Waals surface area (Å²) in [4.78, 5) is 4.33. The van der Waals surface area contributed by atoms with E-state index < -0.39 is 0 Å². The average molecular weight is 208 g/mol. The number of aliphatic hydroxyl groups is 1. The molecular formula is C12H20N2O. The molecule has 3 heteroatoms. The van der Waals surface area contributed by atoms with Gasteiger partial charge in [-0.2, -0.15) is 0 Å². The highest BCUT2D eigenvalue weighted by Gasteiger charge is 2.03. The fourth-order valence-electron chi connectivity index (χ4n) is 1.45. The van der Waals surface area contributed by atoms with Gasteiger partial charge in [-0.15, -0.1) is 0 Å². The van der Waals surface area contributed by atoms with Gasteiger partial charge >= 0.3 is 0 Å². The van der Waals surface area contributed by atoms with E-state index in [1.54, 1.807) is 0 Å². The Labute approximate surface area is 91.5 Å².